The van der Waals surface area contributed by atoms with Gasteiger partial charge in [-0.3, -0.25) is 9.59 Å². The van der Waals surface area contributed by atoms with Gasteiger partial charge in [0.2, 0.25) is 5.91 Å². The Kier molecular flexibility index (Phi) is 6.13. The largest absolute Gasteiger partial charge is 0.479 e. The number of fused-ring (bicyclic) bond motifs is 1. The fraction of sp³-hybridized carbons (Fsp3) is 0.154. The predicted molar refractivity (Wildman–Crippen MR) is 123 cm³/mol. The van der Waals surface area contributed by atoms with E-state index in [9.17, 15) is 9.59 Å². The van der Waals surface area contributed by atoms with Gasteiger partial charge in [-0.25, -0.2) is 0 Å². The maximum atomic E-state index is 12.8. The van der Waals surface area contributed by atoms with Crippen LogP contribution in [0.2, 0.25) is 0 Å². The molecule has 0 spiro atoms. The van der Waals surface area contributed by atoms with Crippen LogP contribution in [0.3, 0.4) is 0 Å². The lowest BCUT2D eigenvalue weighted by Gasteiger charge is -2.33. The van der Waals surface area contributed by atoms with Crippen molar-refractivity contribution in [3.63, 3.8) is 0 Å². The maximum absolute atomic E-state index is 12.8. The molecule has 1 unspecified atom stereocenters. The highest BCUT2D eigenvalue weighted by Gasteiger charge is 2.31. The topological polar surface area (TPSA) is 58.6 Å². The van der Waals surface area contributed by atoms with Crippen LogP contribution in [0.15, 0.2) is 84.9 Å². The summed E-state index contributed by atoms with van der Waals surface area (Å²) in [6.45, 7) is 2.29. The van der Waals surface area contributed by atoms with E-state index in [0.717, 1.165) is 17.5 Å². The van der Waals surface area contributed by atoms with Gasteiger partial charge in [-0.1, -0.05) is 60.7 Å². The van der Waals surface area contributed by atoms with Crippen molar-refractivity contribution in [1.82, 2.24) is 0 Å². The number of nitrogens with one attached hydrogen (secondary N) is 1. The standard InChI is InChI=1S/C26H24N2O3/c1-19-26(30)28(17-16-21-10-6-3-7-11-21)23-18-22(13-14-24(23)31-19)27-25(29)15-12-20-8-4-2-5-9-20/h2-15,18-19H,16-17H2,1H3,(H,27,29)/b15-12+. The van der Waals surface area contributed by atoms with Gasteiger partial charge in [-0.15, -0.1) is 0 Å². The second-order valence-corrected chi connectivity index (χ2v) is 7.40. The van der Waals surface area contributed by atoms with Crippen LogP contribution in [-0.4, -0.2) is 24.5 Å². The zero-order valence-corrected chi connectivity index (χ0v) is 17.3. The van der Waals surface area contributed by atoms with Crippen molar-refractivity contribution in [3.05, 3.63) is 96.1 Å². The van der Waals surface area contributed by atoms with Crippen LogP contribution >= 0.6 is 0 Å². The highest BCUT2D eigenvalue weighted by molar-refractivity contribution is 6.04. The minimum absolute atomic E-state index is 0.0871. The van der Waals surface area contributed by atoms with Crippen molar-refractivity contribution in [2.24, 2.45) is 0 Å². The SMILES string of the molecule is CC1Oc2ccc(NC(=O)/C=C/c3ccccc3)cc2N(CCc2ccccc2)C1=O. The molecule has 4 rings (SSSR count). The third kappa shape index (κ3) is 5.01. The Bertz CT molecular complexity index is 1090. The number of hydrogen-bond donors (Lipinski definition) is 1. The van der Waals surface area contributed by atoms with E-state index < -0.39 is 6.10 Å². The normalized spacial score (nSPS) is 15.5. The molecule has 0 bridgehead atoms. The molecule has 1 heterocycles. The van der Waals surface area contributed by atoms with Crippen LogP contribution in [0.5, 0.6) is 5.75 Å². The average Bonchev–Trinajstić information content (AvgIpc) is 2.80. The number of nitrogens with zero attached hydrogens (tertiary/aromatic N) is 1. The first-order valence-corrected chi connectivity index (χ1v) is 10.3. The van der Waals surface area contributed by atoms with E-state index >= 15 is 0 Å². The zero-order valence-electron chi connectivity index (χ0n) is 17.3. The number of anilines is 2. The summed E-state index contributed by atoms with van der Waals surface area (Å²) >= 11 is 0. The molecule has 2 amide bonds. The number of carbonyl (C=O) groups excluding carboxylic acids is 2. The fourth-order valence-electron chi connectivity index (χ4n) is 3.52. The molecule has 156 valence electrons. The van der Waals surface area contributed by atoms with Crippen LogP contribution < -0.4 is 15.0 Å². The third-order valence-electron chi connectivity index (χ3n) is 5.13. The summed E-state index contributed by atoms with van der Waals surface area (Å²) in [6, 6.07) is 25.0. The molecule has 1 aliphatic heterocycles. The highest BCUT2D eigenvalue weighted by atomic mass is 16.5. The Labute approximate surface area is 182 Å². The molecule has 3 aromatic carbocycles. The van der Waals surface area contributed by atoms with E-state index in [-0.39, 0.29) is 11.8 Å². The van der Waals surface area contributed by atoms with E-state index in [2.05, 4.69) is 5.32 Å². The minimum atomic E-state index is -0.544. The van der Waals surface area contributed by atoms with Crippen molar-refractivity contribution in [2.45, 2.75) is 19.4 Å². The van der Waals surface area contributed by atoms with E-state index in [1.165, 1.54) is 6.08 Å². The van der Waals surface area contributed by atoms with Gasteiger partial charge in [-0.05, 0) is 48.7 Å². The number of amides is 2. The zero-order chi connectivity index (χ0) is 21.6. The molecule has 0 saturated carbocycles. The van der Waals surface area contributed by atoms with Crippen LogP contribution in [0.25, 0.3) is 6.08 Å². The fourth-order valence-corrected chi connectivity index (χ4v) is 3.52. The molecule has 31 heavy (non-hydrogen) atoms. The third-order valence-corrected chi connectivity index (χ3v) is 5.13. The number of ether oxygens (including phenoxy) is 1. The van der Waals surface area contributed by atoms with Crippen LogP contribution in [0.1, 0.15) is 18.1 Å². The molecule has 1 aliphatic rings. The van der Waals surface area contributed by atoms with Crippen LogP contribution in [-0.2, 0) is 16.0 Å². The van der Waals surface area contributed by atoms with Crippen LogP contribution in [0.4, 0.5) is 11.4 Å². The first-order chi connectivity index (χ1) is 15.1. The van der Waals surface area contributed by atoms with E-state index in [1.54, 1.807) is 36.1 Å². The molecule has 3 aromatic rings. The van der Waals surface area contributed by atoms with Gasteiger partial charge < -0.3 is 15.0 Å². The number of hydrogen-bond acceptors (Lipinski definition) is 3. The lowest BCUT2D eigenvalue weighted by molar-refractivity contribution is -0.125. The maximum Gasteiger partial charge on any atom is 0.267 e. The van der Waals surface area contributed by atoms with E-state index in [0.29, 0.717) is 23.7 Å². The Morgan fingerprint density at radius 3 is 2.48 bits per heavy atom. The molecule has 0 saturated heterocycles. The Hall–Kier alpha value is -3.86. The molecule has 0 aromatic heterocycles. The lowest BCUT2D eigenvalue weighted by Crippen LogP contribution is -2.45. The lowest BCUT2D eigenvalue weighted by atomic mass is 10.1. The van der Waals surface area contributed by atoms with Gasteiger partial charge in [0.05, 0.1) is 5.69 Å². The molecular formula is C26H24N2O3. The van der Waals surface area contributed by atoms with Crippen molar-refractivity contribution in [2.75, 3.05) is 16.8 Å². The van der Waals surface area contributed by atoms with Crippen molar-refractivity contribution < 1.29 is 14.3 Å². The molecule has 1 atom stereocenters. The van der Waals surface area contributed by atoms with Gasteiger partial charge in [0, 0.05) is 18.3 Å². The first kappa shape index (κ1) is 20.4. The Morgan fingerprint density at radius 1 is 1.03 bits per heavy atom. The van der Waals surface area contributed by atoms with Crippen molar-refractivity contribution >= 4 is 29.3 Å². The highest BCUT2D eigenvalue weighted by Crippen LogP contribution is 2.36. The summed E-state index contributed by atoms with van der Waals surface area (Å²) < 4.78 is 5.77. The van der Waals surface area contributed by atoms with Gasteiger partial charge in [0.1, 0.15) is 5.75 Å². The quantitative estimate of drug-likeness (QED) is 0.598. The summed E-state index contributed by atoms with van der Waals surface area (Å²) in [5, 5.41) is 2.86. The van der Waals surface area contributed by atoms with Crippen LogP contribution in [0, 0.1) is 0 Å². The van der Waals surface area contributed by atoms with Gasteiger partial charge >= 0.3 is 0 Å². The van der Waals surface area contributed by atoms with Crippen molar-refractivity contribution in [3.8, 4) is 5.75 Å². The molecule has 0 radical (unpaired) electrons. The molecule has 0 aliphatic carbocycles. The Morgan fingerprint density at radius 2 is 1.74 bits per heavy atom. The first-order valence-electron chi connectivity index (χ1n) is 10.3. The predicted octanol–water partition coefficient (Wildman–Crippen LogP) is 4.70. The second kappa shape index (κ2) is 9.30. The molecule has 1 N–H and O–H groups in total. The molecule has 5 nitrogen and oxygen atoms in total. The summed E-state index contributed by atoms with van der Waals surface area (Å²) in [5.41, 5.74) is 3.38. The number of rotatable bonds is 6. The number of benzene rings is 3. The van der Waals surface area contributed by atoms with Gasteiger partial charge in [0.15, 0.2) is 6.10 Å². The summed E-state index contributed by atoms with van der Waals surface area (Å²) in [7, 11) is 0. The Balaban J connectivity index is 1.51. The summed E-state index contributed by atoms with van der Waals surface area (Å²) in [6.07, 6.45) is 3.44. The second-order valence-electron chi connectivity index (χ2n) is 7.40. The average molecular weight is 412 g/mol. The minimum Gasteiger partial charge on any atom is -0.479 e. The molecular weight excluding hydrogens is 388 g/mol. The molecule has 5 heteroatoms. The van der Waals surface area contributed by atoms with E-state index in [1.807, 2.05) is 60.7 Å². The summed E-state index contributed by atoms with van der Waals surface area (Å²) in [5.74, 6) is 0.310. The van der Waals surface area contributed by atoms with Crippen molar-refractivity contribution in [1.29, 1.82) is 0 Å². The smallest absolute Gasteiger partial charge is 0.267 e. The van der Waals surface area contributed by atoms with Gasteiger partial charge in [0.25, 0.3) is 5.91 Å². The monoisotopic (exact) mass is 412 g/mol. The number of carbonyl (C=O) groups is 2. The summed E-state index contributed by atoms with van der Waals surface area (Å²) in [4.78, 5) is 26.9. The van der Waals surface area contributed by atoms with E-state index in [4.69, 9.17) is 4.74 Å². The molecule has 0 fully saturated rings. The van der Waals surface area contributed by atoms with Gasteiger partial charge in [-0.2, -0.15) is 0 Å².